The van der Waals surface area contributed by atoms with Crippen LogP contribution in [0.3, 0.4) is 0 Å². The fourth-order valence-corrected chi connectivity index (χ4v) is 0.988. The van der Waals surface area contributed by atoms with Crippen molar-refractivity contribution in [2.24, 2.45) is 4.99 Å². The highest BCUT2D eigenvalue weighted by molar-refractivity contribution is 5.79. The van der Waals surface area contributed by atoms with Crippen molar-refractivity contribution in [3.05, 3.63) is 0 Å². The van der Waals surface area contributed by atoms with Crippen LogP contribution in [0.5, 0.6) is 0 Å². The van der Waals surface area contributed by atoms with Gasteiger partial charge in [0.05, 0.1) is 0 Å². The highest BCUT2D eigenvalue weighted by Gasteiger charge is 2.20. The van der Waals surface area contributed by atoms with Gasteiger partial charge in [-0.15, -0.1) is 0 Å². The minimum absolute atomic E-state index is 0.118. The molecule has 1 unspecified atom stereocenters. The Labute approximate surface area is 101 Å². The predicted molar refractivity (Wildman–Crippen MR) is 72.0 cm³/mol. The highest BCUT2D eigenvalue weighted by Crippen LogP contribution is 2.07. The molecule has 0 saturated carbocycles. The van der Waals surface area contributed by atoms with Gasteiger partial charge in [-0.2, -0.15) is 0 Å². The van der Waals surface area contributed by atoms with Crippen molar-refractivity contribution < 1.29 is 0 Å². The number of hydrogen-bond acceptors (Lipinski definition) is 2. The van der Waals surface area contributed by atoms with Crippen LogP contribution in [0.2, 0.25) is 0 Å². The Morgan fingerprint density at radius 2 is 1.94 bits per heavy atom. The molecule has 96 valence electrons. The van der Waals surface area contributed by atoms with Gasteiger partial charge in [-0.25, -0.2) is 0 Å². The fourth-order valence-electron chi connectivity index (χ4n) is 0.988. The molecule has 0 spiro atoms. The molecule has 1 atom stereocenters. The van der Waals surface area contributed by atoms with Crippen LogP contribution in [0.15, 0.2) is 4.99 Å². The second-order valence-electron chi connectivity index (χ2n) is 5.09. The molecule has 0 heterocycles. The zero-order valence-electron chi connectivity index (χ0n) is 11.9. The lowest BCUT2D eigenvalue weighted by Gasteiger charge is -2.33. The largest absolute Gasteiger partial charge is 0.355 e. The van der Waals surface area contributed by atoms with Gasteiger partial charge in [0.25, 0.3) is 0 Å². The monoisotopic (exact) mass is 228 g/mol. The molecule has 16 heavy (non-hydrogen) atoms. The van der Waals surface area contributed by atoms with Gasteiger partial charge in [0.1, 0.15) is 0 Å². The summed E-state index contributed by atoms with van der Waals surface area (Å²) in [6.45, 7) is 9.60. The Hall–Kier alpha value is -0.770. The third kappa shape index (κ3) is 5.35. The van der Waals surface area contributed by atoms with E-state index in [4.69, 9.17) is 0 Å². The summed E-state index contributed by atoms with van der Waals surface area (Å²) < 4.78 is 0. The minimum Gasteiger partial charge on any atom is -0.355 e. The minimum atomic E-state index is 0.118. The second-order valence-corrected chi connectivity index (χ2v) is 5.09. The SMILES string of the molecule is CCC(C)NC(=NC)NCC(C)(C)N(C)C. The molecule has 0 bridgehead atoms. The zero-order chi connectivity index (χ0) is 12.8. The molecule has 2 N–H and O–H groups in total. The van der Waals surface area contributed by atoms with Gasteiger partial charge in [0.2, 0.25) is 0 Å². The molecular formula is C12H28N4. The molecule has 0 aliphatic rings. The third-order valence-corrected chi connectivity index (χ3v) is 3.12. The standard InChI is InChI=1S/C12H28N4/c1-8-10(2)15-11(13-5)14-9-12(3,4)16(6)7/h10H,8-9H2,1-7H3,(H2,13,14,15). The first kappa shape index (κ1) is 15.2. The van der Waals surface area contributed by atoms with Gasteiger partial charge in [-0.1, -0.05) is 6.92 Å². The van der Waals surface area contributed by atoms with E-state index in [2.05, 4.69) is 62.3 Å². The molecule has 0 aliphatic heterocycles. The maximum atomic E-state index is 4.21. The molecule has 0 amide bonds. The Morgan fingerprint density at radius 1 is 1.38 bits per heavy atom. The Bertz CT molecular complexity index is 221. The molecule has 4 heteroatoms. The summed E-state index contributed by atoms with van der Waals surface area (Å²) in [5.74, 6) is 0.879. The van der Waals surface area contributed by atoms with Crippen molar-refractivity contribution in [3.63, 3.8) is 0 Å². The van der Waals surface area contributed by atoms with Crippen molar-refractivity contribution in [2.75, 3.05) is 27.7 Å². The Morgan fingerprint density at radius 3 is 2.31 bits per heavy atom. The molecule has 0 aliphatic carbocycles. The van der Waals surface area contributed by atoms with E-state index in [1.807, 2.05) is 0 Å². The number of hydrogen-bond donors (Lipinski definition) is 2. The first-order chi connectivity index (χ1) is 7.33. The van der Waals surface area contributed by atoms with Crippen molar-refractivity contribution in [1.82, 2.24) is 15.5 Å². The van der Waals surface area contributed by atoms with E-state index >= 15 is 0 Å². The van der Waals surface area contributed by atoms with E-state index in [0.717, 1.165) is 18.9 Å². The molecule has 0 radical (unpaired) electrons. The van der Waals surface area contributed by atoms with Crippen molar-refractivity contribution in [2.45, 2.75) is 45.7 Å². The van der Waals surface area contributed by atoms with Crippen LogP contribution in [-0.4, -0.2) is 50.1 Å². The molecule has 0 aromatic rings. The average molecular weight is 228 g/mol. The fraction of sp³-hybridized carbons (Fsp3) is 0.917. The second kappa shape index (κ2) is 6.74. The number of rotatable bonds is 5. The van der Waals surface area contributed by atoms with Gasteiger partial charge in [-0.05, 0) is 41.3 Å². The number of nitrogens with zero attached hydrogens (tertiary/aromatic N) is 2. The van der Waals surface area contributed by atoms with Crippen LogP contribution in [-0.2, 0) is 0 Å². The van der Waals surface area contributed by atoms with Gasteiger partial charge in [0, 0.05) is 25.2 Å². The van der Waals surface area contributed by atoms with Crippen LogP contribution in [0, 0.1) is 0 Å². The molecule has 0 aromatic heterocycles. The smallest absolute Gasteiger partial charge is 0.191 e. The molecule has 0 saturated heterocycles. The maximum absolute atomic E-state index is 4.21. The predicted octanol–water partition coefficient (Wildman–Crippen LogP) is 1.29. The van der Waals surface area contributed by atoms with E-state index < -0.39 is 0 Å². The van der Waals surface area contributed by atoms with Crippen LogP contribution >= 0.6 is 0 Å². The lowest BCUT2D eigenvalue weighted by Crippen LogP contribution is -2.51. The summed E-state index contributed by atoms with van der Waals surface area (Å²) in [6, 6.07) is 0.452. The molecule has 0 aromatic carbocycles. The van der Waals surface area contributed by atoms with Crippen LogP contribution in [0.25, 0.3) is 0 Å². The highest BCUT2D eigenvalue weighted by atomic mass is 15.2. The first-order valence-electron chi connectivity index (χ1n) is 5.98. The van der Waals surface area contributed by atoms with Gasteiger partial charge < -0.3 is 15.5 Å². The summed E-state index contributed by atoms with van der Waals surface area (Å²) in [7, 11) is 5.99. The molecular weight excluding hydrogens is 200 g/mol. The molecule has 0 fully saturated rings. The number of likely N-dealkylation sites (N-methyl/N-ethyl adjacent to an activating group) is 1. The Kier molecular flexibility index (Phi) is 6.41. The maximum Gasteiger partial charge on any atom is 0.191 e. The van der Waals surface area contributed by atoms with Crippen molar-refractivity contribution >= 4 is 5.96 Å². The summed E-state index contributed by atoms with van der Waals surface area (Å²) >= 11 is 0. The molecule has 4 nitrogen and oxygen atoms in total. The van der Waals surface area contributed by atoms with E-state index in [1.165, 1.54) is 0 Å². The van der Waals surface area contributed by atoms with E-state index in [-0.39, 0.29) is 5.54 Å². The lowest BCUT2D eigenvalue weighted by atomic mass is 10.0. The van der Waals surface area contributed by atoms with Gasteiger partial charge >= 0.3 is 0 Å². The average Bonchev–Trinajstić information content (AvgIpc) is 2.23. The molecule has 0 rings (SSSR count). The van der Waals surface area contributed by atoms with E-state index in [1.54, 1.807) is 7.05 Å². The summed E-state index contributed by atoms with van der Waals surface area (Å²) in [5, 5.41) is 6.70. The summed E-state index contributed by atoms with van der Waals surface area (Å²) in [6.07, 6.45) is 1.10. The normalized spacial score (nSPS) is 15.1. The van der Waals surface area contributed by atoms with Crippen molar-refractivity contribution in [1.29, 1.82) is 0 Å². The van der Waals surface area contributed by atoms with Crippen LogP contribution in [0.4, 0.5) is 0 Å². The van der Waals surface area contributed by atoms with Gasteiger partial charge in [0.15, 0.2) is 5.96 Å². The first-order valence-corrected chi connectivity index (χ1v) is 5.98. The number of nitrogens with one attached hydrogen (secondary N) is 2. The van der Waals surface area contributed by atoms with E-state index in [0.29, 0.717) is 6.04 Å². The zero-order valence-corrected chi connectivity index (χ0v) is 11.9. The number of aliphatic imine (C=N–C) groups is 1. The summed E-state index contributed by atoms with van der Waals surface area (Å²) in [4.78, 5) is 6.42. The quantitative estimate of drug-likeness (QED) is 0.550. The topological polar surface area (TPSA) is 39.7 Å². The summed E-state index contributed by atoms with van der Waals surface area (Å²) in [5.41, 5.74) is 0.118. The van der Waals surface area contributed by atoms with Crippen molar-refractivity contribution in [3.8, 4) is 0 Å². The Balaban J connectivity index is 4.17. The lowest BCUT2D eigenvalue weighted by molar-refractivity contribution is 0.197. The van der Waals surface area contributed by atoms with E-state index in [9.17, 15) is 0 Å². The third-order valence-electron chi connectivity index (χ3n) is 3.12. The van der Waals surface area contributed by atoms with Crippen LogP contribution in [0.1, 0.15) is 34.1 Å². The van der Waals surface area contributed by atoms with Crippen LogP contribution < -0.4 is 10.6 Å². The number of guanidine groups is 1. The van der Waals surface area contributed by atoms with Gasteiger partial charge in [-0.3, -0.25) is 4.99 Å².